The summed E-state index contributed by atoms with van der Waals surface area (Å²) in [6, 6.07) is 14.7. The molecule has 0 bridgehead atoms. The first-order valence-corrected chi connectivity index (χ1v) is 9.85. The Balaban J connectivity index is 1.59. The molecule has 0 spiro atoms. The van der Waals surface area contributed by atoms with Crippen LogP contribution in [0.25, 0.3) is 0 Å². The molecule has 2 aromatic carbocycles. The van der Waals surface area contributed by atoms with Crippen molar-refractivity contribution in [3.05, 3.63) is 59.1 Å². The molecule has 1 aliphatic rings. The van der Waals surface area contributed by atoms with Gasteiger partial charge in [0.2, 0.25) is 0 Å². The van der Waals surface area contributed by atoms with Crippen LogP contribution in [0.2, 0.25) is 5.02 Å². The number of halogens is 1. The molecule has 0 saturated carbocycles. The molecule has 0 amide bonds. The van der Waals surface area contributed by atoms with Gasteiger partial charge >= 0.3 is 0 Å². The van der Waals surface area contributed by atoms with E-state index in [2.05, 4.69) is 10.6 Å². The predicted molar refractivity (Wildman–Crippen MR) is 97.3 cm³/mol. The van der Waals surface area contributed by atoms with E-state index in [-0.39, 0.29) is 11.5 Å². The molecule has 0 radical (unpaired) electrons. The number of aliphatic hydroxyl groups is 1. The standard InChI is InChI=1S/C17H19ClN2O3S/c18-15-4-2-1-3-12(15)9-19-13-5-7-14(8-6-13)20-16-10-24(22,23)11-17(16)21/h1-8,16-17,19-21H,9-11H2/t16-,17-/m1/s1. The summed E-state index contributed by atoms with van der Waals surface area (Å²) in [4.78, 5) is 0. The van der Waals surface area contributed by atoms with Crippen molar-refractivity contribution >= 4 is 32.8 Å². The maximum absolute atomic E-state index is 11.5. The van der Waals surface area contributed by atoms with Crippen LogP contribution in [0.5, 0.6) is 0 Å². The highest BCUT2D eigenvalue weighted by atomic mass is 35.5. The summed E-state index contributed by atoms with van der Waals surface area (Å²) >= 11 is 6.12. The number of benzene rings is 2. The van der Waals surface area contributed by atoms with Crippen molar-refractivity contribution in [1.82, 2.24) is 0 Å². The van der Waals surface area contributed by atoms with Crippen molar-refractivity contribution in [3.63, 3.8) is 0 Å². The predicted octanol–water partition coefficient (Wildman–Crippen LogP) is 2.52. The van der Waals surface area contributed by atoms with E-state index in [4.69, 9.17) is 11.6 Å². The van der Waals surface area contributed by atoms with Crippen LogP contribution in [-0.2, 0) is 16.4 Å². The molecule has 3 rings (SSSR count). The lowest BCUT2D eigenvalue weighted by atomic mass is 10.2. The number of aliphatic hydroxyl groups excluding tert-OH is 1. The third-order valence-corrected chi connectivity index (χ3v) is 6.09. The highest BCUT2D eigenvalue weighted by Crippen LogP contribution is 2.21. The third-order valence-electron chi connectivity index (χ3n) is 4.00. The fourth-order valence-electron chi connectivity index (χ4n) is 2.70. The van der Waals surface area contributed by atoms with Crippen molar-refractivity contribution in [3.8, 4) is 0 Å². The molecule has 2 atom stereocenters. The monoisotopic (exact) mass is 366 g/mol. The molecule has 1 aliphatic heterocycles. The van der Waals surface area contributed by atoms with Crippen LogP contribution in [-0.4, -0.2) is 37.2 Å². The molecule has 2 aromatic rings. The van der Waals surface area contributed by atoms with E-state index in [0.717, 1.165) is 22.0 Å². The van der Waals surface area contributed by atoms with Gasteiger partial charge < -0.3 is 15.7 Å². The van der Waals surface area contributed by atoms with E-state index in [0.29, 0.717) is 6.54 Å². The van der Waals surface area contributed by atoms with Crippen LogP contribution in [0.4, 0.5) is 11.4 Å². The molecule has 1 heterocycles. The van der Waals surface area contributed by atoms with Crippen LogP contribution in [0.3, 0.4) is 0 Å². The van der Waals surface area contributed by atoms with Gasteiger partial charge in [-0.15, -0.1) is 0 Å². The summed E-state index contributed by atoms with van der Waals surface area (Å²) in [5.41, 5.74) is 2.72. The first-order chi connectivity index (χ1) is 11.4. The van der Waals surface area contributed by atoms with Crippen molar-refractivity contribution in [1.29, 1.82) is 0 Å². The number of anilines is 2. The average Bonchev–Trinajstić information content (AvgIpc) is 2.80. The van der Waals surface area contributed by atoms with E-state index < -0.39 is 22.0 Å². The third kappa shape index (κ3) is 4.20. The molecule has 3 N–H and O–H groups in total. The Morgan fingerprint density at radius 2 is 1.71 bits per heavy atom. The minimum atomic E-state index is -3.15. The molecule has 1 fully saturated rings. The first kappa shape index (κ1) is 17.1. The van der Waals surface area contributed by atoms with Crippen molar-refractivity contribution in [2.45, 2.75) is 18.7 Å². The largest absolute Gasteiger partial charge is 0.390 e. The quantitative estimate of drug-likeness (QED) is 0.757. The van der Waals surface area contributed by atoms with Crippen LogP contribution in [0.1, 0.15) is 5.56 Å². The molecular weight excluding hydrogens is 348 g/mol. The van der Waals surface area contributed by atoms with Crippen LogP contribution < -0.4 is 10.6 Å². The Labute approximate surface area is 146 Å². The van der Waals surface area contributed by atoms with E-state index in [1.54, 1.807) is 0 Å². The number of nitrogens with one attached hydrogen (secondary N) is 2. The van der Waals surface area contributed by atoms with Gasteiger partial charge in [0.05, 0.1) is 23.7 Å². The van der Waals surface area contributed by atoms with Crippen LogP contribution in [0, 0.1) is 0 Å². The summed E-state index contributed by atoms with van der Waals surface area (Å²) in [6.07, 6.45) is -0.868. The Morgan fingerprint density at radius 3 is 2.33 bits per heavy atom. The van der Waals surface area contributed by atoms with Crippen molar-refractivity contribution in [2.75, 3.05) is 22.1 Å². The first-order valence-electron chi connectivity index (χ1n) is 7.65. The van der Waals surface area contributed by atoms with Gasteiger partial charge in [0.25, 0.3) is 0 Å². The normalized spacial score (nSPS) is 22.2. The molecule has 0 aliphatic carbocycles. The van der Waals surface area contributed by atoms with E-state index in [1.807, 2.05) is 48.5 Å². The van der Waals surface area contributed by atoms with Gasteiger partial charge in [0, 0.05) is 22.9 Å². The summed E-state index contributed by atoms with van der Waals surface area (Å²) in [7, 11) is -3.15. The zero-order valence-electron chi connectivity index (χ0n) is 12.9. The molecule has 128 valence electrons. The van der Waals surface area contributed by atoms with Gasteiger partial charge in [-0.1, -0.05) is 29.8 Å². The number of rotatable bonds is 5. The fourth-order valence-corrected chi connectivity index (χ4v) is 4.65. The summed E-state index contributed by atoms with van der Waals surface area (Å²) in [5.74, 6) is -0.219. The molecule has 7 heteroatoms. The summed E-state index contributed by atoms with van der Waals surface area (Å²) in [6.45, 7) is 0.617. The lowest BCUT2D eigenvalue weighted by Crippen LogP contribution is -2.31. The van der Waals surface area contributed by atoms with Gasteiger partial charge in [0.15, 0.2) is 9.84 Å². The van der Waals surface area contributed by atoms with E-state index in [9.17, 15) is 13.5 Å². The van der Waals surface area contributed by atoms with Crippen LogP contribution >= 0.6 is 11.6 Å². The molecule has 5 nitrogen and oxygen atoms in total. The zero-order valence-corrected chi connectivity index (χ0v) is 14.5. The second-order valence-electron chi connectivity index (χ2n) is 5.92. The maximum atomic E-state index is 11.5. The van der Waals surface area contributed by atoms with Gasteiger partial charge in [-0.2, -0.15) is 0 Å². The highest BCUT2D eigenvalue weighted by Gasteiger charge is 2.36. The molecular formula is C17H19ClN2O3S. The Hall–Kier alpha value is -1.76. The second-order valence-corrected chi connectivity index (χ2v) is 8.48. The number of hydrogen-bond donors (Lipinski definition) is 3. The number of hydrogen-bond acceptors (Lipinski definition) is 5. The SMILES string of the molecule is O=S1(=O)C[C@@H](O)[C@H](Nc2ccc(NCc3ccccc3Cl)cc2)C1. The van der Waals surface area contributed by atoms with Gasteiger partial charge in [-0.05, 0) is 35.9 Å². The van der Waals surface area contributed by atoms with Crippen molar-refractivity contribution < 1.29 is 13.5 Å². The van der Waals surface area contributed by atoms with E-state index >= 15 is 0 Å². The molecule has 24 heavy (non-hydrogen) atoms. The summed E-state index contributed by atoms with van der Waals surface area (Å²) < 4.78 is 23.0. The average molecular weight is 367 g/mol. The summed E-state index contributed by atoms with van der Waals surface area (Å²) in [5, 5.41) is 16.9. The number of sulfone groups is 1. The molecule has 0 aromatic heterocycles. The Kier molecular flexibility index (Phi) is 4.99. The van der Waals surface area contributed by atoms with E-state index in [1.165, 1.54) is 0 Å². The fraction of sp³-hybridized carbons (Fsp3) is 0.294. The minimum Gasteiger partial charge on any atom is -0.390 e. The van der Waals surface area contributed by atoms with Gasteiger partial charge in [-0.25, -0.2) is 8.42 Å². The van der Waals surface area contributed by atoms with Gasteiger partial charge in [0.1, 0.15) is 0 Å². The van der Waals surface area contributed by atoms with Crippen LogP contribution in [0.15, 0.2) is 48.5 Å². The van der Waals surface area contributed by atoms with Crippen molar-refractivity contribution in [2.24, 2.45) is 0 Å². The highest BCUT2D eigenvalue weighted by molar-refractivity contribution is 7.91. The molecule has 1 saturated heterocycles. The molecule has 0 unspecified atom stereocenters. The lowest BCUT2D eigenvalue weighted by molar-refractivity contribution is 0.190. The maximum Gasteiger partial charge on any atom is 0.155 e. The zero-order chi connectivity index (χ0) is 17.2. The second kappa shape index (κ2) is 7.01. The smallest absolute Gasteiger partial charge is 0.155 e. The topological polar surface area (TPSA) is 78.4 Å². The minimum absolute atomic E-state index is 0.0410. The Bertz CT molecular complexity index is 809. The van der Waals surface area contributed by atoms with Gasteiger partial charge in [-0.3, -0.25) is 0 Å². The lowest BCUT2D eigenvalue weighted by Gasteiger charge is -2.16. The Morgan fingerprint density at radius 1 is 1.04 bits per heavy atom.